The molecular formula is C14H22N4O. The van der Waals surface area contributed by atoms with E-state index in [-0.39, 0.29) is 11.9 Å². The van der Waals surface area contributed by atoms with E-state index in [1.807, 2.05) is 32.9 Å². The van der Waals surface area contributed by atoms with E-state index in [0.29, 0.717) is 24.6 Å². The van der Waals surface area contributed by atoms with Crippen LogP contribution in [-0.2, 0) is 6.54 Å². The van der Waals surface area contributed by atoms with Gasteiger partial charge in [0.2, 0.25) is 0 Å². The normalized spacial score (nSPS) is 11.5. The highest BCUT2D eigenvalue weighted by Crippen LogP contribution is 2.05. The highest BCUT2D eigenvalue weighted by Gasteiger charge is 2.03. The molecule has 4 N–H and O–H groups in total. The van der Waals surface area contributed by atoms with Gasteiger partial charge in [0.25, 0.3) is 5.91 Å². The van der Waals surface area contributed by atoms with Crippen molar-refractivity contribution in [3.05, 3.63) is 35.4 Å². The monoisotopic (exact) mass is 262 g/mol. The molecule has 0 spiro atoms. The van der Waals surface area contributed by atoms with E-state index < -0.39 is 0 Å². The van der Waals surface area contributed by atoms with Crippen molar-refractivity contribution in [1.29, 1.82) is 0 Å². The van der Waals surface area contributed by atoms with Crippen LogP contribution in [0.1, 0.15) is 36.7 Å². The Morgan fingerprint density at radius 1 is 1.32 bits per heavy atom. The first kappa shape index (κ1) is 15.0. The molecule has 1 amide bonds. The van der Waals surface area contributed by atoms with Crippen LogP contribution >= 0.6 is 0 Å². The number of hydrogen-bond acceptors (Lipinski definition) is 2. The maximum atomic E-state index is 11.6. The highest BCUT2D eigenvalue weighted by molar-refractivity contribution is 5.94. The minimum absolute atomic E-state index is 0.0569. The number of aliphatic imine (C=N–C) groups is 1. The predicted octanol–water partition coefficient (Wildman–Crippen LogP) is 1.25. The van der Waals surface area contributed by atoms with Crippen LogP contribution in [0.25, 0.3) is 0 Å². The number of nitrogens with one attached hydrogen (secondary N) is 2. The fraction of sp³-hybridized carbons (Fsp3) is 0.429. The summed E-state index contributed by atoms with van der Waals surface area (Å²) in [5.74, 6) is 0.376. The van der Waals surface area contributed by atoms with Crippen molar-refractivity contribution >= 4 is 11.9 Å². The summed E-state index contributed by atoms with van der Waals surface area (Å²) in [5, 5.41) is 5.78. The third-order valence-corrected chi connectivity index (χ3v) is 2.42. The number of rotatable bonds is 5. The van der Waals surface area contributed by atoms with Crippen LogP contribution in [0.3, 0.4) is 0 Å². The van der Waals surface area contributed by atoms with E-state index in [2.05, 4.69) is 15.6 Å². The smallest absolute Gasteiger partial charge is 0.251 e. The van der Waals surface area contributed by atoms with Crippen molar-refractivity contribution in [2.24, 2.45) is 10.7 Å². The van der Waals surface area contributed by atoms with Crippen molar-refractivity contribution in [3.8, 4) is 0 Å². The molecule has 0 saturated heterocycles. The van der Waals surface area contributed by atoms with Gasteiger partial charge in [-0.1, -0.05) is 12.1 Å². The maximum Gasteiger partial charge on any atom is 0.251 e. The Kier molecular flexibility index (Phi) is 5.85. The number of amides is 1. The number of nitrogens with zero attached hydrogens (tertiary/aromatic N) is 1. The second-order valence-corrected chi connectivity index (χ2v) is 4.56. The number of guanidine groups is 1. The van der Waals surface area contributed by atoms with Gasteiger partial charge in [-0.3, -0.25) is 4.79 Å². The molecular weight excluding hydrogens is 240 g/mol. The number of benzene rings is 1. The second kappa shape index (κ2) is 7.41. The fourth-order valence-electron chi connectivity index (χ4n) is 1.54. The van der Waals surface area contributed by atoms with Gasteiger partial charge in [-0.05, 0) is 38.5 Å². The average molecular weight is 262 g/mol. The van der Waals surface area contributed by atoms with Crippen LogP contribution in [0, 0.1) is 0 Å². The lowest BCUT2D eigenvalue weighted by molar-refractivity contribution is 0.0956. The summed E-state index contributed by atoms with van der Waals surface area (Å²) < 4.78 is 0. The SMILES string of the molecule is CCNC(=O)c1ccc(CN=C(N)NC(C)C)cc1. The van der Waals surface area contributed by atoms with Gasteiger partial charge < -0.3 is 16.4 Å². The molecule has 104 valence electrons. The van der Waals surface area contributed by atoms with Gasteiger partial charge in [-0.15, -0.1) is 0 Å². The first-order chi connectivity index (χ1) is 9.02. The molecule has 0 aromatic heterocycles. The Balaban J connectivity index is 2.60. The van der Waals surface area contributed by atoms with Gasteiger partial charge in [0.1, 0.15) is 0 Å². The van der Waals surface area contributed by atoms with Crippen LogP contribution in [0.15, 0.2) is 29.3 Å². The molecule has 0 saturated carbocycles. The molecule has 0 fully saturated rings. The van der Waals surface area contributed by atoms with E-state index in [1.165, 1.54) is 0 Å². The van der Waals surface area contributed by atoms with Crippen molar-refractivity contribution in [3.63, 3.8) is 0 Å². The van der Waals surface area contributed by atoms with E-state index in [9.17, 15) is 4.79 Å². The lowest BCUT2D eigenvalue weighted by Crippen LogP contribution is -2.36. The zero-order valence-electron chi connectivity index (χ0n) is 11.7. The molecule has 0 bridgehead atoms. The minimum Gasteiger partial charge on any atom is -0.370 e. The summed E-state index contributed by atoms with van der Waals surface area (Å²) in [7, 11) is 0. The van der Waals surface area contributed by atoms with Crippen molar-refractivity contribution in [2.45, 2.75) is 33.4 Å². The zero-order valence-corrected chi connectivity index (χ0v) is 11.7. The van der Waals surface area contributed by atoms with Gasteiger partial charge >= 0.3 is 0 Å². The molecule has 5 heteroatoms. The summed E-state index contributed by atoms with van der Waals surface area (Å²) in [6.45, 7) is 7.03. The Morgan fingerprint density at radius 2 is 1.95 bits per heavy atom. The van der Waals surface area contributed by atoms with Crippen LogP contribution in [0.4, 0.5) is 0 Å². The van der Waals surface area contributed by atoms with Gasteiger partial charge in [0, 0.05) is 18.2 Å². The molecule has 1 aromatic carbocycles. The fourth-order valence-corrected chi connectivity index (χ4v) is 1.54. The maximum absolute atomic E-state index is 11.6. The van der Waals surface area contributed by atoms with Gasteiger partial charge in [0.15, 0.2) is 5.96 Å². The van der Waals surface area contributed by atoms with Crippen molar-refractivity contribution < 1.29 is 4.79 Å². The topological polar surface area (TPSA) is 79.5 Å². The number of hydrogen-bond donors (Lipinski definition) is 3. The minimum atomic E-state index is -0.0569. The Bertz CT molecular complexity index is 437. The molecule has 0 atom stereocenters. The quantitative estimate of drug-likeness (QED) is 0.552. The first-order valence-electron chi connectivity index (χ1n) is 6.46. The molecule has 0 aliphatic heterocycles. The molecule has 1 rings (SSSR count). The molecule has 19 heavy (non-hydrogen) atoms. The summed E-state index contributed by atoms with van der Waals surface area (Å²) >= 11 is 0. The summed E-state index contributed by atoms with van der Waals surface area (Å²) in [4.78, 5) is 15.8. The standard InChI is InChI=1S/C14H22N4O/c1-4-16-13(19)12-7-5-11(6-8-12)9-17-14(15)18-10(2)3/h5-8,10H,4,9H2,1-3H3,(H,16,19)(H3,15,17,18). The second-order valence-electron chi connectivity index (χ2n) is 4.56. The summed E-state index contributed by atoms with van der Waals surface area (Å²) in [5.41, 5.74) is 7.39. The van der Waals surface area contributed by atoms with Crippen LogP contribution in [0.2, 0.25) is 0 Å². The lowest BCUT2D eigenvalue weighted by Gasteiger charge is -2.08. The Hall–Kier alpha value is -2.04. The zero-order chi connectivity index (χ0) is 14.3. The summed E-state index contributed by atoms with van der Waals surface area (Å²) in [6, 6.07) is 7.63. The number of carbonyl (C=O) groups is 1. The van der Waals surface area contributed by atoms with Gasteiger partial charge in [-0.25, -0.2) is 4.99 Å². The van der Waals surface area contributed by atoms with Gasteiger partial charge in [-0.2, -0.15) is 0 Å². The van der Waals surface area contributed by atoms with E-state index in [1.54, 1.807) is 12.1 Å². The molecule has 0 aliphatic carbocycles. The lowest BCUT2D eigenvalue weighted by atomic mass is 10.1. The van der Waals surface area contributed by atoms with E-state index >= 15 is 0 Å². The van der Waals surface area contributed by atoms with Gasteiger partial charge in [0.05, 0.1) is 6.54 Å². The van der Waals surface area contributed by atoms with Crippen molar-refractivity contribution in [1.82, 2.24) is 10.6 Å². The van der Waals surface area contributed by atoms with Crippen LogP contribution in [0.5, 0.6) is 0 Å². The van der Waals surface area contributed by atoms with Crippen LogP contribution < -0.4 is 16.4 Å². The Morgan fingerprint density at radius 3 is 2.47 bits per heavy atom. The van der Waals surface area contributed by atoms with E-state index in [0.717, 1.165) is 5.56 Å². The highest BCUT2D eigenvalue weighted by atomic mass is 16.1. The number of carbonyl (C=O) groups excluding carboxylic acids is 1. The van der Waals surface area contributed by atoms with Crippen LogP contribution in [-0.4, -0.2) is 24.5 Å². The van der Waals surface area contributed by atoms with E-state index in [4.69, 9.17) is 5.73 Å². The molecule has 0 unspecified atom stereocenters. The first-order valence-corrected chi connectivity index (χ1v) is 6.46. The molecule has 0 aliphatic rings. The Labute approximate surface area is 114 Å². The average Bonchev–Trinajstić information content (AvgIpc) is 2.36. The number of nitrogens with two attached hydrogens (primary N) is 1. The third kappa shape index (κ3) is 5.42. The molecule has 1 aromatic rings. The molecule has 0 heterocycles. The molecule has 0 radical (unpaired) electrons. The largest absolute Gasteiger partial charge is 0.370 e. The summed E-state index contributed by atoms with van der Waals surface area (Å²) in [6.07, 6.45) is 0. The molecule has 5 nitrogen and oxygen atoms in total. The predicted molar refractivity (Wildman–Crippen MR) is 78.0 cm³/mol. The van der Waals surface area contributed by atoms with Crippen molar-refractivity contribution in [2.75, 3.05) is 6.54 Å². The third-order valence-electron chi connectivity index (χ3n) is 2.42.